The minimum absolute atomic E-state index is 0. The Morgan fingerprint density at radius 1 is 1.22 bits per heavy atom. The molecular formula is C12H21BClNO3. The van der Waals surface area contributed by atoms with Crippen molar-refractivity contribution in [1.29, 1.82) is 0 Å². The fourth-order valence-electron chi connectivity index (χ4n) is 1.20. The van der Waals surface area contributed by atoms with Crippen LogP contribution in [0.5, 0.6) is 0 Å². The number of halogens is 1. The smallest absolute Gasteiger partial charge is 0.423 e. The van der Waals surface area contributed by atoms with Crippen LogP contribution in [0, 0.1) is 0 Å². The van der Waals surface area contributed by atoms with Gasteiger partial charge in [-0.3, -0.25) is 0 Å². The van der Waals surface area contributed by atoms with Gasteiger partial charge in [0.1, 0.15) is 0 Å². The molecule has 0 aliphatic carbocycles. The Hall–Kier alpha value is -0.745. The van der Waals surface area contributed by atoms with Crippen LogP contribution in [0.15, 0.2) is 24.3 Å². The quantitative estimate of drug-likeness (QED) is 0.564. The van der Waals surface area contributed by atoms with Gasteiger partial charge in [-0.15, -0.1) is 12.4 Å². The third-order valence-corrected chi connectivity index (χ3v) is 3.08. The van der Waals surface area contributed by atoms with E-state index >= 15 is 0 Å². The minimum atomic E-state index is -1.11. The first kappa shape index (κ1) is 17.3. The number of anilines is 1. The molecular weight excluding hydrogens is 252 g/mol. The Morgan fingerprint density at radius 2 is 1.78 bits per heavy atom. The Morgan fingerprint density at radius 3 is 2.22 bits per heavy atom. The molecule has 0 unspecified atom stereocenters. The molecule has 1 rings (SSSR count). The zero-order valence-electron chi connectivity index (χ0n) is 11.2. The van der Waals surface area contributed by atoms with Gasteiger partial charge in [-0.1, -0.05) is 12.1 Å². The van der Waals surface area contributed by atoms with Crippen LogP contribution in [0.3, 0.4) is 0 Å². The molecule has 0 radical (unpaired) electrons. The molecule has 0 fully saturated rings. The first-order valence-corrected chi connectivity index (χ1v) is 5.57. The van der Waals surface area contributed by atoms with Gasteiger partial charge in [0.25, 0.3) is 0 Å². The lowest BCUT2D eigenvalue weighted by atomic mass is 9.76. The maximum Gasteiger partial charge on any atom is 0.491 e. The molecule has 0 aliphatic heterocycles. The zero-order valence-corrected chi connectivity index (χ0v) is 12.0. The van der Waals surface area contributed by atoms with Gasteiger partial charge in [-0.25, -0.2) is 0 Å². The van der Waals surface area contributed by atoms with Crippen LogP contribution >= 0.6 is 12.4 Å². The van der Waals surface area contributed by atoms with Gasteiger partial charge in [0.05, 0.1) is 11.2 Å². The van der Waals surface area contributed by atoms with Crippen LogP contribution in [0.4, 0.5) is 5.69 Å². The van der Waals surface area contributed by atoms with Crippen LogP contribution < -0.4 is 11.2 Å². The van der Waals surface area contributed by atoms with E-state index < -0.39 is 18.3 Å². The van der Waals surface area contributed by atoms with Crippen LogP contribution in [0.2, 0.25) is 0 Å². The largest absolute Gasteiger partial charge is 0.491 e. The molecule has 1 aromatic carbocycles. The summed E-state index contributed by atoms with van der Waals surface area (Å²) < 4.78 is 5.49. The molecule has 0 amide bonds. The molecule has 0 bridgehead atoms. The summed E-state index contributed by atoms with van der Waals surface area (Å²) in [5.74, 6) is 0. The summed E-state index contributed by atoms with van der Waals surface area (Å²) in [5, 5.41) is 19.9. The fourth-order valence-corrected chi connectivity index (χ4v) is 1.20. The van der Waals surface area contributed by atoms with Gasteiger partial charge in [0.2, 0.25) is 0 Å². The molecule has 0 aliphatic rings. The van der Waals surface area contributed by atoms with Crippen LogP contribution in [0.25, 0.3) is 0 Å². The maximum absolute atomic E-state index is 9.96. The van der Waals surface area contributed by atoms with Crippen LogP contribution in [-0.4, -0.2) is 28.5 Å². The minimum Gasteiger partial charge on any atom is -0.423 e. The topological polar surface area (TPSA) is 75.7 Å². The lowest BCUT2D eigenvalue weighted by Gasteiger charge is -2.38. The highest BCUT2D eigenvalue weighted by Crippen LogP contribution is 2.25. The predicted molar refractivity (Wildman–Crippen MR) is 77.2 cm³/mol. The Balaban J connectivity index is 0.00000289. The van der Waals surface area contributed by atoms with E-state index in [1.807, 2.05) is 0 Å². The van der Waals surface area contributed by atoms with Crippen molar-refractivity contribution in [2.75, 3.05) is 5.73 Å². The van der Waals surface area contributed by atoms with E-state index in [1.54, 1.807) is 52.0 Å². The summed E-state index contributed by atoms with van der Waals surface area (Å²) >= 11 is 0. The van der Waals surface area contributed by atoms with E-state index in [4.69, 9.17) is 10.4 Å². The molecule has 4 nitrogen and oxygen atoms in total. The van der Waals surface area contributed by atoms with E-state index in [2.05, 4.69) is 0 Å². The monoisotopic (exact) mass is 273 g/mol. The highest BCUT2D eigenvalue weighted by Gasteiger charge is 2.39. The molecule has 6 heteroatoms. The summed E-state index contributed by atoms with van der Waals surface area (Å²) in [6, 6.07) is 6.85. The normalized spacial score (nSPS) is 11.9. The van der Waals surface area contributed by atoms with Crippen molar-refractivity contribution < 1.29 is 14.8 Å². The van der Waals surface area contributed by atoms with Gasteiger partial charge in [0, 0.05) is 5.69 Å². The van der Waals surface area contributed by atoms with Crippen molar-refractivity contribution in [3.8, 4) is 0 Å². The number of nitrogens with two attached hydrogens (primary N) is 1. The number of benzene rings is 1. The van der Waals surface area contributed by atoms with Gasteiger partial charge < -0.3 is 20.5 Å². The van der Waals surface area contributed by atoms with Crippen molar-refractivity contribution >= 4 is 30.7 Å². The standard InChI is InChI=1S/C12H20BNO3.ClH/c1-11(2,15)12(3,4)17-13(16)9-6-5-7-10(14)8-9;/h5-8,15-16H,14H2,1-4H3;1H. The summed E-state index contributed by atoms with van der Waals surface area (Å²) in [4.78, 5) is 0. The lowest BCUT2D eigenvalue weighted by Crippen LogP contribution is -2.53. The Bertz CT molecular complexity index is 393. The number of aliphatic hydroxyl groups is 1. The van der Waals surface area contributed by atoms with Crippen molar-refractivity contribution in [2.45, 2.75) is 38.9 Å². The maximum atomic E-state index is 9.96. The van der Waals surface area contributed by atoms with E-state index in [1.165, 1.54) is 0 Å². The van der Waals surface area contributed by atoms with Crippen molar-refractivity contribution in [3.05, 3.63) is 24.3 Å². The fraction of sp³-hybridized carbons (Fsp3) is 0.500. The van der Waals surface area contributed by atoms with Gasteiger partial charge >= 0.3 is 7.12 Å². The third kappa shape index (κ3) is 4.17. The summed E-state index contributed by atoms with van der Waals surface area (Å²) in [5.41, 5.74) is 4.82. The molecule has 18 heavy (non-hydrogen) atoms. The molecule has 0 aromatic heterocycles. The molecule has 4 N–H and O–H groups in total. The molecule has 0 heterocycles. The Kier molecular flexibility index (Phi) is 5.69. The SMILES string of the molecule is CC(C)(O)C(C)(C)OB(O)c1cccc(N)c1.Cl. The Labute approximate surface area is 115 Å². The summed E-state index contributed by atoms with van der Waals surface area (Å²) in [6.07, 6.45) is 0. The molecule has 1 aromatic rings. The first-order chi connectivity index (χ1) is 7.63. The van der Waals surface area contributed by atoms with E-state index in [9.17, 15) is 10.1 Å². The van der Waals surface area contributed by atoms with Gasteiger partial charge in [0.15, 0.2) is 0 Å². The second-order valence-corrected chi connectivity index (χ2v) is 5.21. The predicted octanol–water partition coefficient (Wildman–Crippen LogP) is 0.944. The summed E-state index contributed by atoms with van der Waals surface area (Å²) in [6.45, 7) is 6.73. The molecule has 102 valence electrons. The highest BCUT2D eigenvalue weighted by atomic mass is 35.5. The molecule has 0 atom stereocenters. The second-order valence-electron chi connectivity index (χ2n) is 5.21. The average Bonchev–Trinajstić information content (AvgIpc) is 2.15. The zero-order chi connectivity index (χ0) is 13.3. The van der Waals surface area contributed by atoms with Crippen LogP contribution in [-0.2, 0) is 4.65 Å². The lowest BCUT2D eigenvalue weighted by molar-refractivity contribution is -0.0982. The van der Waals surface area contributed by atoms with E-state index in [0.29, 0.717) is 11.2 Å². The molecule has 0 spiro atoms. The number of nitrogen functional groups attached to an aromatic ring is 1. The summed E-state index contributed by atoms with van der Waals surface area (Å²) in [7, 11) is -1.11. The average molecular weight is 274 g/mol. The van der Waals surface area contributed by atoms with Crippen molar-refractivity contribution in [2.24, 2.45) is 0 Å². The third-order valence-electron chi connectivity index (χ3n) is 3.08. The number of rotatable bonds is 4. The first-order valence-electron chi connectivity index (χ1n) is 5.57. The van der Waals surface area contributed by atoms with E-state index in [0.717, 1.165) is 0 Å². The van der Waals surface area contributed by atoms with E-state index in [-0.39, 0.29) is 12.4 Å². The molecule has 0 saturated heterocycles. The van der Waals surface area contributed by atoms with Gasteiger partial charge in [-0.05, 0) is 45.3 Å². The van der Waals surface area contributed by atoms with Crippen LogP contribution in [0.1, 0.15) is 27.7 Å². The second kappa shape index (κ2) is 5.93. The van der Waals surface area contributed by atoms with Crippen molar-refractivity contribution in [1.82, 2.24) is 0 Å². The van der Waals surface area contributed by atoms with Gasteiger partial charge in [-0.2, -0.15) is 0 Å². The number of hydrogen-bond acceptors (Lipinski definition) is 4. The highest BCUT2D eigenvalue weighted by molar-refractivity contribution is 6.60. The molecule has 0 saturated carbocycles. The number of hydrogen-bond donors (Lipinski definition) is 3. The van der Waals surface area contributed by atoms with Crippen molar-refractivity contribution in [3.63, 3.8) is 0 Å².